The molecule has 4 rings (SSSR count). The summed E-state index contributed by atoms with van der Waals surface area (Å²) < 4.78 is 5.38. The van der Waals surface area contributed by atoms with Crippen molar-refractivity contribution in [1.82, 2.24) is 5.43 Å². The number of fused-ring (bicyclic) bond motifs is 1. The highest BCUT2D eigenvalue weighted by Crippen LogP contribution is 2.40. The summed E-state index contributed by atoms with van der Waals surface area (Å²) in [5.74, 6) is 0.593. The number of non-ortho nitro benzene ring substituents is 1. The van der Waals surface area contributed by atoms with E-state index >= 15 is 0 Å². The smallest absolute Gasteiger partial charge is 0.270 e. The summed E-state index contributed by atoms with van der Waals surface area (Å²) in [7, 11) is 1.55. The quantitative estimate of drug-likeness (QED) is 0.546. The third-order valence-electron chi connectivity index (χ3n) is 4.24. The van der Waals surface area contributed by atoms with E-state index in [1.54, 1.807) is 13.2 Å². The summed E-state index contributed by atoms with van der Waals surface area (Å²) in [4.78, 5) is 10.7. The third-order valence-corrected chi connectivity index (χ3v) is 5.37. The molecule has 0 unspecified atom stereocenters. The Labute approximate surface area is 154 Å². The van der Waals surface area contributed by atoms with E-state index in [9.17, 15) is 10.1 Å². The highest BCUT2D eigenvalue weighted by atomic mass is 32.2. The molecule has 0 amide bonds. The predicted molar refractivity (Wildman–Crippen MR) is 104 cm³/mol. The Hall–Kier alpha value is -3.06. The molecule has 0 bridgehead atoms. The normalized spacial score (nSPS) is 16.2. The lowest BCUT2D eigenvalue weighted by Gasteiger charge is -2.14. The minimum absolute atomic E-state index is 0.0295. The Morgan fingerprint density at radius 1 is 1.15 bits per heavy atom. The van der Waals surface area contributed by atoms with Crippen LogP contribution in [-0.2, 0) is 0 Å². The molecule has 3 aromatic rings. The van der Waals surface area contributed by atoms with Crippen LogP contribution in [0.15, 0.2) is 65.8 Å². The van der Waals surface area contributed by atoms with Gasteiger partial charge in [-0.25, -0.2) is 0 Å². The van der Waals surface area contributed by atoms with Crippen molar-refractivity contribution in [3.63, 3.8) is 0 Å². The molecule has 0 radical (unpaired) electrons. The molecule has 1 atom stereocenters. The number of nitrogens with one attached hydrogen (secondary N) is 1. The molecule has 3 aromatic carbocycles. The molecule has 130 valence electrons. The van der Waals surface area contributed by atoms with E-state index in [0.29, 0.717) is 11.3 Å². The molecular weight excluding hydrogens is 350 g/mol. The standard InChI is InChI=1S/C19H15N3O3S/c1-25-17-10-9-13(22(23)24)11-16(17)19-21-20-18(26-19)15-8-4-6-12-5-2-3-7-14(12)15/h2-11,19,21H,1H3/t19-/m0/s1. The van der Waals surface area contributed by atoms with Gasteiger partial charge in [-0.15, -0.1) is 0 Å². The van der Waals surface area contributed by atoms with Crippen LogP contribution < -0.4 is 10.2 Å². The number of methoxy groups -OCH3 is 1. The Morgan fingerprint density at radius 3 is 2.77 bits per heavy atom. The van der Waals surface area contributed by atoms with Gasteiger partial charge >= 0.3 is 0 Å². The molecule has 1 aliphatic heterocycles. The van der Waals surface area contributed by atoms with E-state index in [1.165, 1.54) is 23.9 Å². The van der Waals surface area contributed by atoms with Gasteiger partial charge in [-0.05, 0) is 16.8 Å². The van der Waals surface area contributed by atoms with Gasteiger partial charge in [0.1, 0.15) is 16.2 Å². The van der Waals surface area contributed by atoms with Gasteiger partial charge in [-0.3, -0.25) is 15.5 Å². The van der Waals surface area contributed by atoms with Gasteiger partial charge in [0.2, 0.25) is 0 Å². The lowest BCUT2D eigenvalue weighted by Crippen LogP contribution is -2.08. The van der Waals surface area contributed by atoms with E-state index in [2.05, 4.69) is 28.7 Å². The zero-order valence-electron chi connectivity index (χ0n) is 13.9. The van der Waals surface area contributed by atoms with Gasteiger partial charge in [-0.2, -0.15) is 5.10 Å². The first-order valence-electron chi connectivity index (χ1n) is 7.97. The second-order valence-electron chi connectivity index (χ2n) is 5.75. The Kier molecular flexibility index (Phi) is 4.22. The molecule has 0 aliphatic carbocycles. The second kappa shape index (κ2) is 6.68. The maximum absolute atomic E-state index is 11.1. The van der Waals surface area contributed by atoms with Gasteiger partial charge in [0, 0.05) is 23.3 Å². The zero-order chi connectivity index (χ0) is 18.1. The van der Waals surface area contributed by atoms with Crippen molar-refractivity contribution in [2.24, 2.45) is 5.10 Å². The van der Waals surface area contributed by atoms with Gasteiger partial charge in [0.15, 0.2) is 0 Å². The summed E-state index contributed by atoms with van der Waals surface area (Å²) in [5.41, 5.74) is 4.84. The topological polar surface area (TPSA) is 76.8 Å². The van der Waals surface area contributed by atoms with Crippen LogP contribution in [0, 0.1) is 10.1 Å². The zero-order valence-corrected chi connectivity index (χ0v) is 14.7. The number of thioether (sulfide) groups is 1. The van der Waals surface area contributed by atoms with Crippen LogP contribution >= 0.6 is 11.8 Å². The first-order chi connectivity index (χ1) is 12.7. The van der Waals surface area contributed by atoms with Crippen molar-refractivity contribution in [2.45, 2.75) is 5.37 Å². The summed E-state index contributed by atoms with van der Waals surface area (Å²) in [6.07, 6.45) is 0. The van der Waals surface area contributed by atoms with Crippen LogP contribution in [0.2, 0.25) is 0 Å². The van der Waals surface area contributed by atoms with Crippen molar-refractivity contribution in [2.75, 3.05) is 7.11 Å². The highest BCUT2D eigenvalue weighted by Gasteiger charge is 2.27. The highest BCUT2D eigenvalue weighted by molar-refractivity contribution is 8.14. The Bertz CT molecular complexity index is 1030. The number of rotatable bonds is 4. The Balaban J connectivity index is 1.68. The average molecular weight is 365 g/mol. The van der Waals surface area contributed by atoms with Crippen molar-refractivity contribution in [3.8, 4) is 5.75 Å². The van der Waals surface area contributed by atoms with Crippen LogP contribution in [-0.4, -0.2) is 17.1 Å². The molecule has 0 saturated heterocycles. The maximum atomic E-state index is 11.1. The second-order valence-corrected chi connectivity index (χ2v) is 6.85. The number of nitro groups is 1. The largest absolute Gasteiger partial charge is 0.496 e. The molecule has 6 nitrogen and oxygen atoms in total. The summed E-state index contributed by atoms with van der Waals surface area (Å²) in [5, 5.41) is 18.4. The maximum Gasteiger partial charge on any atom is 0.270 e. The number of benzene rings is 3. The summed E-state index contributed by atoms with van der Waals surface area (Å²) >= 11 is 1.52. The van der Waals surface area contributed by atoms with Crippen LogP contribution in [0.1, 0.15) is 16.5 Å². The predicted octanol–water partition coefficient (Wildman–Crippen LogP) is 4.45. The van der Waals surface area contributed by atoms with Gasteiger partial charge in [-0.1, -0.05) is 54.2 Å². The molecule has 0 fully saturated rings. The van der Waals surface area contributed by atoms with E-state index < -0.39 is 4.92 Å². The van der Waals surface area contributed by atoms with Gasteiger partial charge in [0.25, 0.3) is 5.69 Å². The third kappa shape index (κ3) is 2.86. The fourth-order valence-corrected chi connectivity index (χ4v) is 4.04. The van der Waals surface area contributed by atoms with Gasteiger partial charge in [0.05, 0.1) is 12.0 Å². The van der Waals surface area contributed by atoms with Crippen LogP contribution in [0.5, 0.6) is 5.75 Å². The fraction of sp³-hybridized carbons (Fsp3) is 0.105. The monoisotopic (exact) mass is 365 g/mol. The summed E-state index contributed by atoms with van der Waals surface area (Å²) in [6.45, 7) is 0. The van der Waals surface area contributed by atoms with Crippen molar-refractivity contribution < 1.29 is 9.66 Å². The van der Waals surface area contributed by atoms with Crippen molar-refractivity contribution >= 4 is 33.3 Å². The number of nitro benzene ring substituents is 1. The lowest BCUT2D eigenvalue weighted by molar-refractivity contribution is -0.384. The molecule has 0 aromatic heterocycles. The number of ether oxygens (including phenoxy) is 1. The lowest BCUT2D eigenvalue weighted by atomic mass is 10.1. The number of hydrogen-bond acceptors (Lipinski definition) is 6. The van der Waals surface area contributed by atoms with Crippen LogP contribution in [0.4, 0.5) is 5.69 Å². The Morgan fingerprint density at radius 2 is 1.96 bits per heavy atom. The minimum Gasteiger partial charge on any atom is -0.496 e. The van der Waals surface area contributed by atoms with Crippen molar-refractivity contribution in [1.29, 1.82) is 0 Å². The van der Waals surface area contributed by atoms with E-state index in [-0.39, 0.29) is 11.1 Å². The van der Waals surface area contributed by atoms with Crippen LogP contribution in [0.25, 0.3) is 10.8 Å². The first kappa shape index (κ1) is 16.4. The molecule has 7 heteroatoms. The fourth-order valence-electron chi connectivity index (χ4n) is 2.99. The van der Waals surface area contributed by atoms with E-state index in [4.69, 9.17) is 4.74 Å². The van der Waals surface area contributed by atoms with E-state index in [0.717, 1.165) is 21.4 Å². The molecule has 26 heavy (non-hydrogen) atoms. The van der Waals surface area contributed by atoms with Crippen molar-refractivity contribution in [3.05, 3.63) is 81.9 Å². The first-order valence-corrected chi connectivity index (χ1v) is 8.85. The van der Waals surface area contributed by atoms with Crippen LogP contribution in [0.3, 0.4) is 0 Å². The SMILES string of the molecule is COc1ccc([N+](=O)[O-])cc1[C@H]1NN=C(c2cccc3ccccc23)S1. The number of nitrogens with zero attached hydrogens (tertiary/aromatic N) is 2. The molecular formula is C19H15N3O3S. The number of hydrogen-bond donors (Lipinski definition) is 1. The molecule has 0 saturated carbocycles. The molecule has 1 N–H and O–H groups in total. The molecule has 1 heterocycles. The molecule has 1 aliphatic rings. The molecule has 0 spiro atoms. The summed E-state index contributed by atoms with van der Waals surface area (Å²) in [6, 6.07) is 18.8. The van der Waals surface area contributed by atoms with E-state index in [1.807, 2.05) is 24.3 Å². The number of hydrazone groups is 1. The van der Waals surface area contributed by atoms with Gasteiger partial charge < -0.3 is 4.74 Å². The minimum atomic E-state index is -0.408. The average Bonchev–Trinajstić information content (AvgIpc) is 3.16.